The fourth-order valence-corrected chi connectivity index (χ4v) is 7.55. The van der Waals surface area contributed by atoms with Gasteiger partial charge in [0.15, 0.2) is 4.90 Å². The first-order chi connectivity index (χ1) is 15.9. The van der Waals surface area contributed by atoms with Crippen LogP contribution in [0.15, 0.2) is 54.5 Å². The highest BCUT2D eigenvalue weighted by atomic mass is 32.2. The van der Waals surface area contributed by atoms with E-state index in [0.717, 1.165) is 35.7 Å². The number of hydrogen-bond donors (Lipinski definition) is 0. The number of rotatable bonds is 17. The zero-order valence-electron chi connectivity index (χ0n) is 20.3. The predicted molar refractivity (Wildman–Crippen MR) is 136 cm³/mol. The summed E-state index contributed by atoms with van der Waals surface area (Å²) in [7, 11) is -8.26. The van der Waals surface area contributed by atoms with Gasteiger partial charge in [0.05, 0.1) is 10.7 Å². The first kappa shape index (κ1) is 30.0. The van der Waals surface area contributed by atoms with Crippen molar-refractivity contribution < 1.29 is 21.8 Å². The van der Waals surface area contributed by atoms with E-state index in [1.54, 1.807) is 13.8 Å². The molecule has 1 aromatic carbocycles. The molecule has 1 aromatic rings. The van der Waals surface area contributed by atoms with Crippen LogP contribution in [0.4, 0.5) is 5.69 Å². The minimum Gasteiger partial charge on any atom is -0.258 e. The third-order valence-corrected chi connectivity index (χ3v) is 9.29. The van der Waals surface area contributed by atoms with E-state index in [4.69, 9.17) is 0 Å². The smallest absolute Gasteiger partial charge is 0.258 e. The molecule has 34 heavy (non-hydrogen) atoms. The summed E-state index contributed by atoms with van der Waals surface area (Å²) in [6.07, 6.45) is 6.45. The molecule has 1 atom stereocenters. The summed E-state index contributed by atoms with van der Waals surface area (Å²) in [6, 6.07) is 4.09. The maximum atomic E-state index is 13.6. The largest absolute Gasteiger partial charge is 0.289 e. The van der Waals surface area contributed by atoms with Gasteiger partial charge in [0.25, 0.3) is 5.69 Å². The lowest BCUT2D eigenvalue weighted by molar-refractivity contribution is -0.387. The molecule has 0 aliphatic heterocycles. The topological polar surface area (TPSA) is 118 Å². The third kappa shape index (κ3) is 8.00. The normalized spacial score (nSPS) is 13.4. The van der Waals surface area contributed by atoms with Gasteiger partial charge in [-0.1, -0.05) is 64.3 Å². The standard InChI is InChI=1S/C23H37N3O6S2/c1-6-9-10-13-18-24(16-7-2)33(29,30)19-22(20(4)5)25(17-8-3)34(31,32)23-15-12-11-14-21(23)26(27)28/h7-8,11-12,14-15,20,22H,2-3,6,9-10,13,16-19H2,1,4-5H3/t22-/m1/s1. The molecule has 0 aromatic heterocycles. The van der Waals surface area contributed by atoms with Crippen LogP contribution in [0.3, 0.4) is 0 Å². The van der Waals surface area contributed by atoms with Crippen LogP contribution < -0.4 is 0 Å². The van der Waals surface area contributed by atoms with Gasteiger partial charge in [-0.3, -0.25) is 10.1 Å². The quantitative estimate of drug-likeness (QED) is 0.133. The number of nitro groups is 1. The highest BCUT2D eigenvalue weighted by Gasteiger charge is 2.39. The third-order valence-electron chi connectivity index (χ3n) is 5.47. The van der Waals surface area contributed by atoms with Gasteiger partial charge < -0.3 is 0 Å². The van der Waals surface area contributed by atoms with Crippen LogP contribution in [0.1, 0.15) is 46.5 Å². The molecule has 192 valence electrons. The lowest BCUT2D eigenvalue weighted by atomic mass is 10.1. The van der Waals surface area contributed by atoms with E-state index >= 15 is 0 Å². The minimum atomic E-state index is -4.40. The van der Waals surface area contributed by atoms with Gasteiger partial charge >= 0.3 is 0 Å². The Labute approximate surface area is 204 Å². The monoisotopic (exact) mass is 515 g/mol. The molecule has 0 unspecified atom stereocenters. The number of benzene rings is 1. The van der Waals surface area contributed by atoms with Gasteiger partial charge in [0.2, 0.25) is 20.0 Å². The fraction of sp³-hybridized carbons (Fsp3) is 0.565. The van der Waals surface area contributed by atoms with Crippen molar-refractivity contribution in [3.05, 3.63) is 59.7 Å². The molecule has 0 radical (unpaired) electrons. The predicted octanol–water partition coefficient (Wildman–Crippen LogP) is 4.19. The Kier molecular flexibility index (Phi) is 12.1. The van der Waals surface area contributed by atoms with E-state index in [-0.39, 0.29) is 13.1 Å². The Morgan fingerprint density at radius 1 is 1.03 bits per heavy atom. The Hall–Kier alpha value is -2.08. The molecule has 0 aliphatic carbocycles. The highest BCUT2D eigenvalue weighted by Crippen LogP contribution is 2.30. The summed E-state index contributed by atoms with van der Waals surface area (Å²) >= 11 is 0. The van der Waals surface area contributed by atoms with Crippen LogP contribution in [0, 0.1) is 16.0 Å². The Balaban J connectivity index is 3.41. The van der Waals surface area contributed by atoms with E-state index in [1.165, 1.54) is 28.6 Å². The second-order valence-corrected chi connectivity index (χ2v) is 12.3. The molecular weight excluding hydrogens is 478 g/mol. The Morgan fingerprint density at radius 2 is 1.65 bits per heavy atom. The van der Waals surface area contributed by atoms with E-state index in [0.29, 0.717) is 13.0 Å². The van der Waals surface area contributed by atoms with Gasteiger partial charge in [-0.15, -0.1) is 13.2 Å². The van der Waals surface area contributed by atoms with Crippen molar-refractivity contribution in [1.82, 2.24) is 8.61 Å². The van der Waals surface area contributed by atoms with E-state index in [1.807, 2.05) is 0 Å². The zero-order valence-corrected chi connectivity index (χ0v) is 21.9. The van der Waals surface area contributed by atoms with E-state index in [9.17, 15) is 26.9 Å². The van der Waals surface area contributed by atoms with Gasteiger partial charge in [0.1, 0.15) is 0 Å². The molecule has 1 rings (SSSR count). The van der Waals surface area contributed by atoms with Crippen molar-refractivity contribution in [2.75, 3.05) is 25.4 Å². The van der Waals surface area contributed by atoms with E-state index < -0.39 is 53.3 Å². The first-order valence-electron chi connectivity index (χ1n) is 11.4. The van der Waals surface area contributed by atoms with E-state index in [2.05, 4.69) is 20.1 Å². The lowest BCUT2D eigenvalue weighted by Gasteiger charge is -2.34. The van der Waals surface area contributed by atoms with Crippen molar-refractivity contribution in [3.8, 4) is 0 Å². The number of nitrogens with zero attached hydrogens (tertiary/aromatic N) is 3. The van der Waals surface area contributed by atoms with Crippen LogP contribution in [0.5, 0.6) is 0 Å². The molecule has 0 aliphatic rings. The second-order valence-electron chi connectivity index (χ2n) is 8.39. The summed E-state index contributed by atoms with van der Waals surface area (Å²) in [4.78, 5) is 10.2. The minimum absolute atomic E-state index is 0.123. The molecule has 0 saturated carbocycles. The second kappa shape index (κ2) is 13.7. The molecule has 0 amide bonds. The van der Waals surface area contributed by atoms with Crippen LogP contribution >= 0.6 is 0 Å². The first-order valence-corrected chi connectivity index (χ1v) is 14.4. The molecule has 11 heteroatoms. The molecule has 0 fully saturated rings. The van der Waals surface area contributed by atoms with Crippen molar-refractivity contribution in [2.45, 2.75) is 57.4 Å². The lowest BCUT2D eigenvalue weighted by Crippen LogP contribution is -2.49. The fourth-order valence-electron chi connectivity index (χ4n) is 3.62. The zero-order chi connectivity index (χ0) is 25.9. The summed E-state index contributed by atoms with van der Waals surface area (Å²) in [5.41, 5.74) is -0.564. The SMILES string of the molecule is C=CCN(CCCCCC)S(=O)(=O)C[C@H](C(C)C)N(CC=C)S(=O)(=O)c1ccccc1[N+](=O)[O-]. The van der Waals surface area contributed by atoms with Crippen molar-refractivity contribution in [2.24, 2.45) is 5.92 Å². The van der Waals surface area contributed by atoms with Crippen LogP contribution in [-0.4, -0.2) is 61.8 Å². The molecule has 0 N–H and O–H groups in total. The van der Waals surface area contributed by atoms with Crippen molar-refractivity contribution in [3.63, 3.8) is 0 Å². The number of unbranched alkanes of at least 4 members (excludes halogenated alkanes) is 3. The molecule has 0 saturated heterocycles. The average molecular weight is 516 g/mol. The summed E-state index contributed by atoms with van der Waals surface area (Å²) in [5, 5.41) is 11.5. The molecule has 0 heterocycles. The average Bonchev–Trinajstić information content (AvgIpc) is 2.77. The summed E-state index contributed by atoms with van der Waals surface area (Å²) in [6.45, 7) is 13.0. The molecule has 9 nitrogen and oxygen atoms in total. The van der Waals surface area contributed by atoms with Gasteiger partial charge in [-0.05, 0) is 18.4 Å². The maximum Gasteiger partial charge on any atom is 0.289 e. The van der Waals surface area contributed by atoms with Crippen LogP contribution in [0.25, 0.3) is 0 Å². The number of para-hydroxylation sites is 1. The maximum absolute atomic E-state index is 13.6. The molecule has 0 bridgehead atoms. The van der Waals surface area contributed by atoms with Crippen molar-refractivity contribution in [1.29, 1.82) is 0 Å². The van der Waals surface area contributed by atoms with Gasteiger partial charge in [0, 0.05) is 31.7 Å². The van der Waals surface area contributed by atoms with Crippen LogP contribution in [0.2, 0.25) is 0 Å². The van der Waals surface area contributed by atoms with Gasteiger partial charge in [-0.25, -0.2) is 16.8 Å². The summed E-state index contributed by atoms with van der Waals surface area (Å²) < 4.78 is 56.2. The van der Waals surface area contributed by atoms with Crippen molar-refractivity contribution >= 4 is 25.7 Å². The number of nitro benzene ring substituents is 1. The summed E-state index contributed by atoms with van der Waals surface area (Å²) in [5.74, 6) is -0.849. The van der Waals surface area contributed by atoms with Gasteiger partial charge in [-0.2, -0.15) is 8.61 Å². The molecular formula is C23H37N3O6S2. The number of hydrogen-bond acceptors (Lipinski definition) is 6. The Morgan fingerprint density at radius 3 is 2.18 bits per heavy atom. The molecule has 0 spiro atoms. The highest BCUT2D eigenvalue weighted by molar-refractivity contribution is 7.90. The number of sulfonamides is 2. The van der Waals surface area contributed by atoms with Crippen LogP contribution in [-0.2, 0) is 20.0 Å². The Bertz CT molecular complexity index is 1040.